The molecule has 0 radical (unpaired) electrons. The third-order valence-corrected chi connectivity index (χ3v) is 4.85. The number of nitrogens with zero attached hydrogens (tertiary/aromatic N) is 1. The Balaban J connectivity index is 1.52. The summed E-state index contributed by atoms with van der Waals surface area (Å²) in [5.74, 6) is 0.822. The molecule has 1 aromatic heterocycles. The van der Waals surface area contributed by atoms with E-state index in [2.05, 4.69) is 5.32 Å². The largest absolute Gasteiger partial charge is 0.486 e. The maximum Gasteiger partial charge on any atom is 0.261 e. The number of aromatic nitrogens is 1. The first-order chi connectivity index (χ1) is 12.7. The van der Waals surface area contributed by atoms with Crippen LogP contribution in [0.15, 0.2) is 47.4 Å². The third kappa shape index (κ3) is 2.26. The molecule has 0 fully saturated rings. The van der Waals surface area contributed by atoms with Crippen LogP contribution in [0.1, 0.15) is 15.9 Å². The van der Waals surface area contributed by atoms with Crippen molar-refractivity contribution >= 4 is 22.5 Å². The maximum atomic E-state index is 12.8. The molecule has 0 bridgehead atoms. The molecule has 0 atom stereocenters. The zero-order valence-corrected chi connectivity index (χ0v) is 14.0. The van der Waals surface area contributed by atoms with Crippen LogP contribution in [-0.2, 0) is 13.0 Å². The van der Waals surface area contributed by atoms with Gasteiger partial charge in [0.15, 0.2) is 11.5 Å². The van der Waals surface area contributed by atoms with E-state index in [1.54, 1.807) is 30.5 Å². The van der Waals surface area contributed by atoms with Crippen molar-refractivity contribution in [3.8, 4) is 11.5 Å². The van der Waals surface area contributed by atoms with Crippen molar-refractivity contribution in [3.05, 3.63) is 63.9 Å². The molecule has 6 heteroatoms. The summed E-state index contributed by atoms with van der Waals surface area (Å²) in [6, 6.07) is 10.9. The highest BCUT2D eigenvalue weighted by atomic mass is 16.6. The topological polar surface area (TPSA) is 69.6 Å². The second-order valence-corrected chi connectivity index (χ2v) is 6.44. The Morgan fingerprint density at radius 2 is 1.92 bits per heavy atom. The zero-order valence-electron chi connectivity index (χ0n) is 14.0. The number of hydrogen-bond donors (Lipinski definition) is 1. The molecule has 1 N–H and O–H groups in total. The molecule has 0 saturated carbocycles. The molecular formula is C20H16N2O4. The fourth-order valence-corrected chi connectivity index (χ4v) is 3.64. The van der Waals surface area contributed by atoms with Gasteiger partial charge in [0.05, 0.1) is 5.52 Å². The quantitative estimate of drug-likeness (QED) is 0.773. The molecule has 130 valence electrons. The molecule has 2 aromatic carbocycles. The van der Waals surface area contributed by atoms with Crippen LogP contribution in [0, 0.1) is 0 Å². The lowest BCUT2D eigenvalue weighted by molar-refractivity contribution is 0.102. The predicted molar refractivity (Wildman–Crippen MR) is 97.3 cm³/mol. The average Bonchev–Trinajstić information content (AvgIpc) is 3.08. The first kappa shape index (κ1) is 15.0. The highest BCUT2D eigenvalue weighted by molar-refractivity contribution is 6.06. The van der Waals surface area contributed by atoms with E-state index in [9.17, 15) is 9.59 Å². The lowest BCUT2D eigenvalue weighted by Gasteiger charge is -2.19. The number of nitrogens with one attached hydrogen (secondary N) is 1. The molecule has 0 unspecified atom stereocenters. The van der Waals surface area contributed by atoms with E-state index in [4.69, 9.17) is 9.47 Å². The van der Waals surface area contributed by atoms with Crippen LogP contribution in [0.5, 0.6) is 11.5 Å². The molecule has 3 heterocycles. The van der Waals surface area contributed by atoms with Gasteiger partial charge >= 0.3 is 0 Å². The number of fused-ring (bicyclic) bond motifs is 1. The summed E-state index contributed by atoms with van der Waals surface area (Å²) >= 11 is 0. The Morgan fingerprint density at radius 1 is 1.08 bits per heavy atom. The van der Waals surface area contributed by atoms with Crippen molar-refractivity contribution in [1.29, 1.82) is 0 Å². The summed E-state index contributed by atoms with van der Waals surface area (Å²) in [6.07, 6.45) is 2.54. The normalized spacial score (nSPS) is 14.5. The first-order valence-electron chi connectivity index (χ1n) is 8.57. The number of aryl methyl sites for hydroxylation is 2. The van der Waals surface area contributed by atoms with Crippen LogP contribution in [-0.4, -0.2) is 23.7 Å². The Morgan fingerprint density at radius 3 is 2.81 bits per heavy atom. The summed E-state index contributed by atoms with van der Waals surface area (Å²) in [7, 11) is 0. The van der Waals surface area contributed by atoms with Gasteiger partial charge < -0.3 is 19.4 Å². The summed E-state index contributed by atoms with van der Waals surface area (Å²) in [5.41, 5.74) is 2.56. The van der Waals surface area contributed by atoms with Gasteiger partial charge in [-0.1, -0.05) is 12.1 Å². The lowest BCUT2D eigenvalue weighted by atomic mass is 10.1. The molecule has 2 aliphatic heterocycles. The molecule has 26 heavy (non-hydrogen) atoms. The highest BCUT2D eigenvalue weighted by Gasteiger charge is 2.21. The van der Waals surface area contributed by atoms with Gasteiger partial charge in [0.25, 0.3) is 5.91 Å². The van der Waals surface area contributed by atoms with Gasteiger partial charge in [0.1, 0.15) is 18.8 Å². The van der Waals surface area contributed by atoms with Crippen LogP contribution < -0.4 is 20.2 Å². The van der Waals surface area contributed by atoms with E-state index in [0.717, 1.165) is 24.0 Å². The number of carbonyl (C=O) groups excluding carboxylic acids is 1. The van der Waals surface area contributed by atoms with Crippen LogP contribution in [0.3, 0.4) is 0 Å². The number of para-hydroxylation sites is 1. The monoisotopic (exact) mass is 348 g/mol. The van der Waals surface area contributed by atoms with Crippen molar-refractivity contribution in [2.45, 2.75) is 13.0 Å². The zero-order chi connectivity index (χ0) is 17.7. The maximum absolute atomic E-state index is 12.8. The van der Waals surface area contributed by atoms with Gasteiger partial charge in [-0.05, 0) is 30.2 Å². The van der Waals surface area contributed by atoms with Gasteiger partial charge in [-0.3, -0.25) is 9.59 Å². The van der Waals surface area contributed by atoms with E-state index in [1.165, 1.54) is 0 Å². The second-order valence-electron chi connectivity index (χ2n) is 6.44. The van der Waals surface area contributed by atoms with Crippen LogP contribution >= 0.6 is 0 Å². The van der Waals surface area contributed by atoms with Gasteiger partial charge in [0, 0.05) is 29.9 Å². The minimum Gasteiger partial charge on any atom is -0.486 e. The summed E-state index contributed by atoms with van der Waals surface area (Å²) in [6.45, 7) is 1.76. The molecular weight excluding hydrogens is 332 g/mol. The number of anilines is 1. The number of ether oxygens (including phenoxy) is 2. The van der Waals surface area contributed by atoms with Crippen LogP contribution in [0.4, 0.5) is 5.69 Å². The fraction of sp³-hybridized carbons (Fsp3) is 0.200. The summed E-state index contributed by atoms with van der Waals surface area (Å²) in [5, 5.41) is 3.39. The average molecular weight is 348 g/mol. The van der Waals surface area contributed by atoms with Crippen molar-refractivity contribution in [2.75, 3.05) is 18.5 Å². The SMILES string of the molecule is O=C(Nc1ccc2c(c1)OCCO2)c1cn2c3c(cccc3c1=O)CC2. The fourth-order valence-electron chi connectivity index (χ4n) is 3.64. The molecule has 5 rings (SSSR count). The van der Waals surface area contributed by atoms with E-state index in [-0.39, 0.29) is 11.0 Å². The van der Waals surface area contributed by atoms with Crippen molar-refractivity contribution in [1.82, 2.24) is 4.57 Å². The van der Waals surface area contributed by atoms with Gasteiger partial charge in [-0.25, -0.2) is 0 Å². The minimum absolute atomic E-state index is 0.145. The van der Waals surface area contributed by atoms with Crippen molar-refractivity contribution in [3.63, 3.8) is 0 Å². The first-order valence-corrected chi connectivity index (χ1v) is 8.57. The molecule has 0 aliphatic carbocycles. The standard InChI is InChI=1S/C20H16N2O4/c23-19-14-3-1-2-12-6-7-22(18(12)14)11-15(19)20(24)21-13-4-5-16-17(10-13)26-9-8-25-16/h1-5,10-11H,6-9H2,(H,21,24). The molecule has 6 nitrogen and oxygen atoms in total. The van der Waals surface area contributed by atoms with E-state index < -0.39 is 5.91 Å². The van der Waals surface area contributed by atoms with Gasteiger partial charge in [0.2, 0.25) is 5.43 Å². The third-order valence-electron chi connectivity index (χ3n) is 4.85. The van der Waals surface area contributed by atoms with Gasteiger partial charge in [-0.15, -0.1) is 0 Å². The van der Waals surface area contributed by atoms with Crippen LogP contribution in [0.2, 0.25) is 0 Å². The van der Waals surface area contributed by atoms with E-state index in [1.807, 2.05) is 16.7 Å². The van der Waals surface area contributed by atoms with Gasteiger partial charge in [-0.2, -0.15) is 0 Å². The molecule has 2 aliphatic rings. The number of rotatable bonds is 2. The summed E-state index contributed by atoms with van der Waals surface area (Å²) in [4.78, 5) is 25.5. The minimum atomic E-state index is -0.422. The molecule has 0 saturated heterocycles. The number of hydrogen-bond acceptors (Lipinski definition) is 4. The Labute approximate surface area is 149 Å². The van der Waals surface area contributed by atoms with E-state index in [0.29, 0.717) is 35.8 Å². The highest BCUT2D eigenvalue weighted by Crippen LogP contribution is 2.32. The smallest absolute Gasteiger partial charge is 0.261 e. The molecule has 1 amide bonds. The molecule has 3 aromatic rings. The number of pyridine rings is 1. The second kappa shape index (κ2) is 5.62. The number of benzene rings is 2. The number of amides is 1. The van der Waals surface area contributed by atoms with Crippen molar-refractivity contribution in [2.24, 2.45) is 0 Å². The Kier molecular flexibility index (Phi) is 3.25. The van der Waals surface area contributed by atoms with E-state index >= 15 is 0 Å². The predicted octanol–water partition coefficient (Wildman–Crippen LogP) is 2.58. The summed E-state index contributed by atoms with van der Waals surface area (Å²) < 4.78 is 13.0. The Bertz CT molecular complexity index is 1120. The molecule has 0 spiro atoms. The van der Waals surface area contributed by atoms with Crippen LogP contribution in [0.25, 0.3) is 10.9 Å². The lowest BCUT2D eigenvalue weighted by Crippen LogP contribution is -2.23. The number of carbonyl (C=O) groups is 1. The Hall–Kier alpha value is -3.28. The van der Waals surface area contributed by atoms with Crippen molar-refractivity contribution < 1.29 is 14.3 Å².